The van der Waals surface area contributed by atoms with E-state index in [4.69, 9.17) is 14.9 Å². The smallest absolute Gasteiger partial charge is 0.354 e. The van der Waals surface area contributed by atoms with Gasteiger partial charge in [0.1, 0.15) is 5.82 Å². The monoisotopic (exact) mass is 557 g/mol. The number of ether oxygens (including phenoxy) is 2. The number of pyridine rings is 1. The largest absolute Gasteiger partial charge is 0.477 e. The Morgan fingerprint density at radius 1 is 1.05 bits per heavy atom. The molecule has 216 valence electrons. The van der Waals surface area contributed by atoms with Gasteiger partial charge in [-0.3, -0.25) is 0 Å². The Kier molecular flexibility index (Phi) is 8.85. The van der Waals surface area contributed by atoms with E-state index in [-0.39, 0.29) is 11.6 Å². The van der Waals surface area contributed by atoms with Crippen LogP contribution in [0.3, 0.4) is 0 Å². The molecule has 41 heavy (non-hydrogen) atoms. The first kappa shape index (κ1) is 28.6. The Morgan fingerprint density at radius 3 is 2.39 bits per heavy atom. The maximum Gasteiger partial charge on any atom is 0.354 e. The highest BCUT2D eigenvalue weighted by Gasteiger charge is 2.24. The molecule has 1 aromatic heterocycles. The highest BCUT2D eigenvalue weighted by Crippen LogP contribution is 2.35. The zero-order valence-electron chi connectivity index (χ0n) is 24.0. The summed E-state index contributed by atoms with van der Waals surface area (Å²) in [4.78, 5) is 21.3. The normalized spacial score (nSPS) is 16.0. The lowest BCUT2D eigenvalue weighted by atomic mass is 9.91. The summed E-state index contributed by atoms with van der Waals surface area (Å²) in [6, 6.07) is 18.1. The molecule has 0 saturated carbocycles. The lowest BCUT2D eigenvalue weighted by molar-refractivity contribution is 0.0690. The van der Waals surface area contributed by atoms with Gasteiger partial charge in [0.05, 0.1) is 13.2 Å². The number of nitrogens with zero attached hydrogens (tertiary/aromatic N) is 3. The average Bonchev–Trinajstić information content (AvgIpc) is 3.01. The molecule has 0 aliphatic carbocycles. The van der Waals surface area contributed by atoms with Crippen molar-refractivity contribution in [3.05, 3.63) is 65.9 Å². The van der Waals surface area contributed by atoms with Gasteiger partial charge in [-0.05, 0) is 66.3 Å². The van der Waals surface area contributed by atoms with Crippen LogP contribution in [0.5, 0.6) is 0 Å². The summed E-state index contributed by atoms with van der Waals surface area (Å²) < 4.78 is 11.0. The van der Waals surface area contributed by atoms with E-state index in [1.807, 2.05) is 44.2 Å². The summed E-state index contributed by atoms with van der Waals surface area (Å²) in [5.41, 5.74) is 5.35. The van der Waals surface area contributed by atoms with E-state index in [2.05, 4.69) is 45.3 Å². The Hall–Kier alpha value is -3.95. The van der Waals surface area contributed by atoms with Gasteiger partial charge in [0, 0.05) is 67.7 Å². The SMILES string of the molecule is CC(C)C(=N)c1c(-c2ccc(N(C)C3CCOCC3)cc2)cc(C(=O)O)nc1Nc1cccc(N2CCOCC2)c1. The lowest BCUT2D eigenvalue weighted by Crippen LogP contribution is -2.36. The number of carboxylic acid groups (broad SMARTS) is 1. The van der Waals surface area contributed by atoms with Gasteiger partial charge in [-0.15, -0.1) is 0 Å². The van der Waals surface area contributed by atoms with Crippen molar-refractivity contribution in [3.8, 4) is 11.1 Å². The number of nitrogens with one attached hydrogen (secondary N) is 2. The van der Waals surface area contributed by atoms with Gasteiger partial charge in [-0.2, -0.15) is 0 Å². The molecule has 2 aliphatic rings. The van der Waals surface area contributed by atoms with Gasteiger partial charge in [0.15, 0.2) is 5.69 Å². The fourth-order valence-corrected chi connectivity index (χ4v) is 5.43. The van der Waals surface area contributed by atoms with E-state index in [1.54, 1.807) is 6.07 Å². The molecule has 0 spiro atoms. The number of aromatic carboxylic acids is 1. The number of anilines is 4. The first-order chi connectivity index (χ1) is 19.8. The maximum absolute atomic E-state index is 12.2. The van der Waals surface area contributed by atoms with Crippen LogP contribution in [0, 0.1) is 11.3 Å². The molecule has 2 aliphatic heterocycles. The summed E-state index contributed by atoms with van der Waals surface area (Å²) in [7, 11) is 2.10. The molecule has 9 heteroatoms. The third-order valence-electron chi connectivity index (χ3n) is 7.89. The Labute approximate surface area is 241 Å². The molecule has 9 nitrogen and oxygen atoms in total. The molecule has 5 rings (SSSR count). The number of rotatable bonds is 9. The van der Waals surface area contributed by atoms with E-state index in [9.17, 15) is 9.90 Å². The van der Waals surface area contributed by atoms with Crippen LogP contribution in [0.25, 0.3) is 11.1 Å². The average molecular weight is 558 g/mol. The van der Waals surface area contributed by atoms with Crippen LogP contribution in [-0.2, 0) is 9.47 Å². The molecule has 0 radical (unpaired) electrons. The van der Waals surface area contributed by atoms with Crippen molar-refractivity contribution in [2.45, 2.75) is 32.7 Å². The number of benzene rings is 2. The molecule has 0 bridgehead atoms. The summed E-state index contributed by atoms with van der Waals surface area (Å²) in [5.74, 6) is -0.846. The molecule has 0 atom stereocenters. The number of hydrogen-bond acceptors (Lipinski definition) is 8. The summed E-state index contributed by atoms with van der Waals surface area (Å²) in [5, 5.41) is 22.4. The third-order valence-corrected chi connectivity index (χ3v) is 7.89. The van der Waals surface area contributed by atoms with Crippen molar-refractivity contribution in [2.75, 3.05) is 61.7 Å². The quantitative estimate of drug-likeness (QED) is 0.289. The molecule has 0 amide bonds. The van der Waals surface area contributed by atoms with Crippen LogP contribution >= 0.6 is 0 Å². The minimum absolute atomic E-state index is 0.0736. The van der Waals surface area contributed by atoms with Gasteiger partial charge >= 0.3 is 5.97 Å². The van der Waals surface area contributed by atoms with E-state index < -0.39 is 5.97 Å². The Morgan fingerprint density at radius 2 is 1.73 bits per heavy atom. The zero-order chi connectivity index (χ0) is 28.9. The van der Waals surface area contributed by atoms with Crippen molar-refractivity contribution in [3.63, 3.8) is 0 Å². The topological polar surface area (TPSA) is 111 Å². The van der Waals surface area contributed by atoms with Crippen LogP contribution in [0.15, 0.2) is 54.6 Å². The second-order valence-electron chi connectivity index (χ2n) is 10.9. The second-order valence-corrected chi connectivity index (χ2v) is 10.9. The highest BCUT2D eigenvalue weighted by molar-refractivity contribution is 6.10. The zero-order valence-corrected chi connectivity index (χ0v) is 24.0. The second kappa shape index (κ2) is 12.7. The van der Waals surface area contributed by atoms with Gasteiger partial charge in [0.25, 0.3) is 0 Å². The summed E-state index contributed by atoms with van der Waals surface area (Å²) >= 11 is 0. The van der Waals surface area contributed by atoms with Crippen LogP contribution in [0.2, 0.25) is 0 Å². The van der Waals surface area contributed by atoms with Crippen LogP contribution in [-0.4, -0.2) is 74.4 Å². The van der Waals surface area contributed by atoms with Crippen molar-refractivity contribution >= 4 is 34.6 Å². The Bertz CT molecular complexity index is 1380. The van der Waals surface area contributed by atoms with Gasteiger partial charge in [0.2, 0.25) is 0 Å². The van der Waals surface area contributed by atoms with Crippen molar-refractivity contribution in [1.82, 2.24) is 4.98 Å². The molecule has 2 saturated heterocycles. The first-order valence-corrected chi connectivity index (χ1v) is 14.3. The minimum Gasteiger partial charge on any atom is -0.477 e. The first-order valence-electron chi connectivity index (χ1n) is 14.3. The predicted molar refractivity (Wildman–Crippen MR) is 163 cm³/mol. The van der Waals surface area contributed by atoms with Crippen LogP contribution in [0.1, 0.15) is 42.7 Å². The van der Waals surface area contributed by atoms with Gasteiger partial charge in [-0.1, -0.05) is 32.0 Å². The van der Waals surface area contributed by atoms with E-state index in [1.165, 1.54) is 0 Å². The fourth-order valence-electron chi connectivity index (χ4n) is 5.43. The molecular weight excluding hydrogens is 518 g/mol. The molecule has 3 heterocycles. The molecule has 3 aromatic rings. The van der Waals surface area contributed by atoms with Crippen molar-refractivity contribution in [1.29, 1.82) is 5.41 Å². The molecule has 3 N–H and O–H groups in total. The standard InChI is InChI=1S/C32H39N5O4/c1-21(2)30(33)29-27(22-7-9-24(10-8-22)36(3)25-11-15-40-16-12-25)20-28(32(38)39)35-31(29)34-23-5-4-6-26(19-23)37-13-17-41-18-14-37/h4-10,19-21,25,33H,11-18H2,1-3H3,(H,34,35)(H,38,39). The third kappa shape index (κ3) is 6.52. The molecule has 2 fully saturated rings. The van der Waals surface area contributed by atoms with Crippen LogP contribution < -0.4 is 15.1 Å². The highest BCUT2D eigenvalue weighted by atomic mass is 16.5. The number of carboxylic acids is 1. The van der Waals surface area contributed by atoms with E-state index in [0.717, 1.165) is 61.8 Å². The molecular formula is C32H39N5O4. The van der Waals surface area contributed by atoms with Gasteiger partial charge in [-0.25, -0.2) is 9.78 Å². The molecule has 2 aromatic carbocycles. The predicted octanol–water partition coefficient (Wildman–Crippen LogP) is 5.67. The van der Waals surface area contributed by atoms with Crippen LogP contribution in [0.4, 0.5) is 22.9 Å². The van der Waals surface area contributed by atoms with E-state index in [0.29, 0.717) is 41.9 Å². The number of carbonyl (C=O) groups is 1. The fraction of sp³-hybridized carbons (Fsp3) is 0.406. The van der Waals surface area contributed by atoms with Gasteiger partial charge < -0.3 is 35.1 Å². The Balaban J connectivity index is 1.54. The maximum atomic E-state index is 12.2. The lowest BCUT2D eigenvalue weighted by Gasteiger charge is -2.33. The van der Waals surface area contributed by atoms with Crippen molar-refractivity contribution in [2.24, 2.45) is 5.92 Å². The van der Waals surface area contributed by atoms with Crippen molar-refractivity contribution < 1.29 is 19.4 Å². The number of hydrogen-bond donors (Lipinski definition) is 3. The number of morpholine rings is 1. The summed E-state index contributed by atoms with van der Waals surface area (Å²) in [6.07, 6.45) is 1.98. The molecule has 0 unspecified atom stereocenters. The minimum atomic E-state index is -1.12. The summed E-state index contributed by atoms with van der Waals surface area (Å²) in [6.45, 7) is 8.46. The number of aromatic nitrogens is 1. The van der Waals surface area contributed by atoms with E-state index >= 15 is 0 Å².